The van der Waals surface area contributed by atoms with Gasteiger partial charge in [0.05, 0.1) is 12.2 Å². The summed E-state index contributed by atoms with van der Waals surface area (Å²) in [7, 11) is -1.77. The van der Waals surface area contributed by atoms with Crippen LogP contribution in [0.3, 0.4) is 0 Å². The second-order valence-corrected chi connectivity index (χ2v) is 18.0. The van der Waals surface area contributed by atoms with Gasteiger partial charge in [-0.15, -0.1) is 0 Å². The third-order valence-electron chi connectivity index (χ3n) is 10.8. The molecule has 4 aliphatic carbocycles. The third kappa shape index (κ3) is 3.39. The summed E-state index contributed by atoms with van der Waals surface area (Å²) < 4.78 is 6.82. The maximum absolute atomic E-state index is 11.3. The Morgan fingerprint density at radius 3 is 2.10 bits per heavy atom. The van der Waals surface area contributed by atoms with E-state index < -0.39 is 8.32 Å². The summed E-state index contributed by atoms with van der Waals surface area (Å²) in [6.45, 7) is 16.5. The number of aliphatic hydroxyl groups excluding tert-OH is 2. The highest BCUT2D eigenvalue weighted by atomic mass is 28.4. The number of aliphatic hydroxyl groups is 2. The molecule has 0 aliphatic heterocycles. The van der Waals surface area contributed by atoms with Gasteiger partial charge >= 0.3 is 0 Å². The molecule has 1 unspecified atom stereocenters. The van der Waals surface area contributed by atoms with Crippen LogP contribution in [-0.2, 0) is 4.43 Å². The number of rotatable bonds is 2. The van der Waals surface area contributed by atoms with Gasteiger partial charge in [0.25, 0.3) is 0 Å². The fourth-order valence-electron chi connectivity index (χ4n) is 7.94. The van der Waals surface area contributed by atoms with Crippen molar-refractivity contribution in [2.45, 2.75) is 122 Å². The summed E-state index contributed by atoms with van der Waals surface area (Å²) in [5, 5.41) is 22.3. The van der Waals surface area contributed by atoms with Crippen LogP contribution in [0.25, 0.3) is 0 Å². The van der Waals surface area contributed by atoms with E-state index in [0.29, 0.717) is 29.8 Å². The van der Waals surface area contributed by atoms with E-state index >= 15 is 0 Å². The van der Waals surface area contributed by atoms with Crippen molar-refractivity contribution in [3.63, 3.8) is 0 Å². The van der Waals surface area contributed by atoms with Crippen LogP contribution in [-0.4, -0.2) is 36.8 Å². The Balaban J connectivity index is 1.53. The fourth-order valence-corrected chi connectivity index (χ4v) is 9.34. The van der Waals surface area contributed by atoms with Crippen molar-refractivity contribution in [1.29, 1.82) is 0 Å². The van der Waals surface area contributed by atoms with Crippen molar-refractivity contribution in [1.82, 2.24) is 0 Å². The smallest absolute Gasteiger partial charge is 0.192 e. The van der Waals surface area contributed by atoms with Gasteiger partial charge in [0, 0.05) is 6.10 Å². The molecule has 9 atom stereocenters. The molecule has 4 aliphatic rings. The molecule has 29 heavy (non-hydrogen) atoms. The van der Waals surface area contributed by atoms with Gasteiger partial charge in [-0.05, 0) is 104 Å². The highest BCUT2D eigenvalue weighted by molar-refractivity contribution is 6.74. The van der Waals surface area contributed by atoms with Crippen LogP contribution in [0.15, 0.2) is 0 Å². The molecule has 0 aromatic rings. The Morgan fingerprint density at radius 1 is 0.828 bits per heavy atom. The van der Waals surface area contributed by atoms with Gasteiger partial charge in [-0.25, -0.2) is 0 Å². The van der Waals surface area contributed by atoms with Crippen molar-refractivity contribution in [3.8, 4) is 0 Å². The Morgan fingerprint density at radius 2 is 1.45 bits per heavy atom. The molecule has 0 spiro atoms. The summed E-state index contributed by atoms with van der Waals surface area (Å²) in [5.74, 6) is 2.29. The quantitative estimate of drug-likeness (QED) is 0.557. The molecule has 3 nitrogen and oxygen atoms in total. The van der Waals surface area contributed by atoms with Crippen molar-refractivity contribution >= 4 is 8.32 Å². The van der Waals surface area contributed by atoms with Crippen LogP contribution in [0.1, 0.15) is 86.0 Å². The minimum atomic E-state index is -1.77. The fraction of sp³-hybridized carbons (Fsp3) is 1.00. The zero-order chi connectivity index (χ0) is 21.4. The maximum Gasteiger partial charge on any atom is 0.192 e. The lowest BCUT2D eigenvalue weighted by atomic mass is 9.44. The number of hydrogen-bond acceptors (Lipinski definition) is 3. The van der Waals surface area contributed by atoms with E-state index in [-0.39, 0.29) is 28.1 Å². The van der Waals surface area contributed by atoms with E-state index in [2.05, 4.69) is 47.7 Å². The van der Waals surface area contributed by atoms with Crippen molar-refractivity contribution in [2.24, 2.45) is 34.5 Å². The van der Waals surface area contributed by atoms with Gasteiger partial charge in [0.2, 0.25) is 0 Å². The van der Waals surface area contributed by atoms with Crippen molar-refractivity contribution in [3.05, 3.63) is 0 Å². The lowest BCUT2D eigenvalue weighted by Gasteiger charge is -2.62. The van der Waals surface area contributed by atoms with E-state index in [0.717, 1.165) is 32.1 Å². The van der Waals surface area contributed by atoms with Crippen molar-refractivity contribution in [2.75, 3.05) is 0 Å². The van der Waals surface area contributed by atoms with Gasteiger partial charge < -0.3 is 14.6 Å². The largest absolute Gasteiger partial charge is 0.414 e. The van der Waals surface area contributed by atoms with Crippen LogP contribution < -0.4 is 0 Å². The topological polar surface area (TPSA) is 49.7 Å². The van der Waals surface area contributed by atoms with E-state index in [1.165, 1.54) is 19.3 Å². The molecular weight excluding hydrogens is 376 g/mol. The highest BCUT2D eigenvalue weighted by Gasteiger charge is 2.62. The normalized spacial score (nSPS) is 50.6. The second kappa shape index (κ2) is 7.05. The first kappa shape index (κ1) is 22.3. The molecule has 2 N–H and O–H groups in total. The molecular formula is C25H46O3Si. The summed E-state index contributed by atoms with van der Waals surface area (Å²) in [4.78, 5) is 0. The van der Waals surface area contributed by atoms with Gasteiger partial charge in [-0.1, -0.05) is 34.6 Å². The average molecular weight is 423 g/mol. The first-order valence-corrected chi connectivity index (χ1v) is 15.2. The van der Waals surface area contributed by atoms with Crippen LogP contribution in [0, 0.1) is 34.5 Å². The number of hydrogen-bond donors (Lipinski definition) is 2. The molecule has 0 bridgehead atoms. The summed E-state index contributed by atoms with van der Waals surface area (Å²) in [6, 6.07) is 0. The van der Waals surface area contributed by atoms with Crippen LogP contribution >= 0.6 is 0 Å². The number of fused-ring (bicyclic) bond motifs is 5. The molecule has 168 valence electrons. The molecule has 4 fully saturated rings. The lowest BCUT2D eigenvalue weighted by molar-refractivity contribution is -0.173. The molecule has 0 heterocycles. The average Bonchev–Trinajstić information content (AvgIpc) is 2.90. The Bertz CT molecular complexity index is 628. The summed E-state index contributed by atoms with van der Waals surface area (Å²) in [6.07, 6.45) is 8.85. The molecule has 0 aromatic carbocycles. The standard InChI is InChI=1S/C25H46O3Si/c1-23(2,3)29(6,7)28-16-10-12-24(4)19-11-13-25(5)18(8-9-22(25)27)17(19)15-21(26)20(24)14-16/h16-22,26-27H,8-15H2,1-7H3/t16-,17-,18-,19-,20?,21-,22-,24+,25-/m0/s1. The summed E-state index contributed by atoms with van der Waals surface area (Å²) in [5.41, 5.74) is 0.331. The van der Waals surface area contributed by atoms with Gasteiger partial charge in [-0.2, -0.15) is 0 Å². The minimum absolute atomic E-state index is 0.0900. The maximum atomic E-state index is 11.3. The van der Waals surface area contributed by atoms with E-state index in [1.54, 1.807) is 0 Å². The second-order valence-electron chi connectivity index (χ2n) is 13.2. The third-order valence-corrected chi connectivity index (χ3v) is 15.4. The zero-order valence-electron chi connectivity index (χ0n) is 20.0. The lowest BCUT2D eigenvalue weighted by Crippen LogP contribution is -2.59. The molecule has 0 saturated heterocycles. The van der Waals surface area contributed by atoms with Gasteiger partial charge in [-0.3, -0.25) is 0 Å². The minimum Gasteiger partial charge on any atom is -0.414 e. The predicted molar refractivity (Wildman–Crippen MR) is 121 cm³/mol. The predicted octanol–water partition coefficient (Wildman–Crippen LogP) is 5.75. The van der Waals surface area contributed by atoms with Crippen LogP contribution in [0.4, 0.5) is 0 Å². The van der Waals surface area contributed by atoms with Gasteiger partial charge in [0.15, 0.2) is 8.32 Å². The highest BCUT2D eigenvalue weighted by Crippen LogP contribution is 2.66. The molecule has 0 radical (unpaired) electrons. The summed E-state index contributed by atoms with van der Waals surface area (Å²) >= 11 is 0. The Labute approximate surface area is 180 Å². The Hall–Kier alpha value is 0.0969. The monoisotopic (exact) mass is 422 g/mol. The SMILES string of the molecule is CC(C)(C)[Si](C)(C)O[C@H]1CC[C@@]2(C)C(C1)[C@@H](O)C[C@H]1[C@@H]3CC[C@H](O)[C@@]3(C)CC[C@@H]12. The van der Waals surface area contributed by atoms with Crippen LogP contribution in [0.5, 0.6) is 0 Å². The van der Waals surface area contributed by atoms with Crippen LogP contribution in [0.2, 0.25) is 18.1 Å². The van der Waals surface area contributed by atoms with E-state index in [1.807, 2.05) is 0 Å². The Kier molecular flexibility index (Phi) is 5.42. The van der Waals surface area contributed by atoms with Crippen molar-refractivity contribution < 1.29 is 14.6 Å². The molecule has 4 heteroatoms. The van der Waals surface area contributed by atoms with Gasteiger partial charge in [0.1, 0.15) is 0 Å². The first-order valence-electron chi connectivity index (χ1n) is 12.3. The molecule has 0 amide bonds. The molecule has 0 aromatic heterocycles. The van der Waals surface area contributed by atoms with E-state index in [9.17, 15) is 10.2 Å². The molecule has 4 saturated carbocycles. The van der Waals surface area contributed by atoms with E-state index in [4.69, 9.17) is 4.43 Å². The molecule has 4 rings (SSSR count). The first-order chi connectivity index (χ1) is 13.3. The zero-order valence-corrected chi connectivity index (χ0v) is 21.0.